The summed E-state index contributed by atoms with van der Waals surface area (Å²) in [6, 6.07) is 3.38. The first-order valence-electron chi connectivity index (χ1n) is 8.01. The fraction of sp³-hybridized carbons (Fsp3) is 0.667. The minimum atomic E-state index is -3.49. The summed E-state index contributed by atoms with van der Waals surface area (Å²) >= 11 is 0. The molecule has 128 valence electrons. The standard InChI is InChI=1S/C15H23N3O4S/c19-12-13-2-1-5-17(11-13)15-4-3-14(10-16-15)23(20,21)18-6-8-22-9-7-18/h3-4,10,13,19H,1-2,5-9,11-12H2/t13-/m0/s1. The molecule has 2 fully saturated rings. The molecule has 1 aromatic heterocycles. The number of rotatable bonds is 4. The van der Waals surface area contributed by atoms with Gasteiger partial charge in [-0.15, -0.1) is 0 Å². The van der Waals surface area contributed by atoms with Gasteiger partial charge in [-0.1, -0.05) is 0 Å². The molecule has 3 heterocycles. The molecule has 0 saturated carbocycles. The van der Waals surface area contributed by atoms with E-state index in [-0.39, 0.29) is 17.4 Å². The van der Waals surface area contributed by atoms with Crippen LogP contribution in [0.4, 0.5) is 5.82 Å². The fourth-order valence-electron chi connectivity index (χ4n) is 3.07. The van der Waals surface area contributed by atoms with Crippen LogP contribution in [0.2, 0.25) is 0 Å². The summed E-state index contributed by atoms with van der Waals surface area (Å²) in [5.41, 5.74) is 0. The van der Waals surface area contributed by atoms with Crippen molar-refractivity contribution >= 4 is 15.8 Å². The zero-order valence-electron chi connectivity index (χ0n) is 13.1. The average Bonchev–Trinajstić information content (AvgIpc) is 2.62. The number of piperidine rings is 1. The van der Waals surface area contributed by atoms with E-state index in [0.717, 1.165) is 31.7 Å². The molecule has 8 heteroatoms. The molecule has 0 unspecified atom stereocenters. The minimum absolute atomic E-state index is 0.181. The number of pyridine rings is 1. The maximum Gasteiger partial charge on any atom is 0.244 e. The number of hydrogen-bond acceptors (Lipinski definition) is 6. The zero-order valence-corrected chi connectivity index (χ0v) is 13.9. The summed E-state index contributed by atoms with van der Waals surface area (Å²) in [6.45, 7) is 3.46. The highest BCUT2D eigenvalue weighted by Crippen LogP contribution is 2.23. The lowest BCUT2D eigenvalue weighted by Crippen LogP contribution is -2.40. The molecule has 23 heavy (non-hydrogen) atoms. The summed E-state index contributed by atoms with van der Waals surface area (Å²) in [4.78, 5) is 6.67. The molecule has 0 radical (unpaired) electrons. The second kappa shape index (κ2) is 7.12. The van der Waals surface area contributed by atoms with E-state index in [4.69, 9.17) is 4.74 Å². The quantitative estimate of drug-likeness (QED) is 0.849. The lowest BCUT2D eigenvalue weighted by atomic mass is 9.99. The number of morpholine rings is 1. The van der Waals surface area contributed by atoms with Crippen LogP contribution in [0, 0.1) is 5.92 Å². The van der Waals surface area contributed by atoms with E-state index >= 15 is 0 Å². The number of aromatic nitrogens is 1. The van der Waals surface area contributed by atoms with Crippen molar-refractivity contribution in [1.29, 1.82) is 0 Å². The van der Waals surface area contributed by atoms with Crippen LogP contribution in [-0.4, -0.2) is 68.8 Å². The minimum Gasteiger partial charge on any atom is -0.396 e. The summed E-state index contributed by atoms with van der Waals surface area (Å²) in [7, 11) is -3.49. The van der Waals surface area contributed by atoms with Gasteiger partial charge in [-0.3, -0.25) is 0 Å². The van der Waals surface area contributed by atoms with Crippen molar-refractivity contribution in [1.82, 2.24) is 9.29 Å². The largest absolute Gasteiger partial charge is 0.396 e. The molecule has 3 rings (SSSR count). The van der Waals surface area contributed by atoms with E-state index in [1.807, 2.05) is 0 Å². The molecule has 0 bridgehead atoms. The van der Waals surface area contributed by atoms with Crippen molar-refractivity contribution in [3.8, 4) is 0 Å². The van der Waals surface area contributed by atoms with Gasteiger partial charge >= 0.3 is 0 Å². The normalized spacial score (nSPS) is 23.9. The van der Waals surface area contributed by atoms with Crippen molar-refractivity contribution in [2.24, 2.45) is 5.92 Å². The van der Waals surface area contributed by atoms with Crippen molar-refractivity contribution in [2.45, 2.75) is 17.7 Å². The number of sulfonamides is 1. The third-order valence-electron chi connectivity index (χ3n) is 4.43. The van der Waals surface area contributed by atoms with Crippen molar-refractivity contribution in [3.63, 3.8) is 0 Å². The molecule has 1 aromatic rings. The molecule has 2 saturated heterocycles. The van der Waals surface area contributed by atoms with Crippen LogP contribution in [0.1, 0.15) is 12.8 Å². The van der Waals surface area contributed by atoms with Crippen LogP contribution in [0.3, 0.4) is 0 Å². The molecule has 7 nitrogen and oxygen atoms in total. The van der Waals surface area contributed by atoms with Crippen LogP contribution in [-0.2, 0) is 14.8 Å². The Hall–Kier alpha value is -1.22. The van der Waals surface area contributed by atoms with Crippen LogP contribution < -0.4 is 4.90 Å². The molecular formula is C15H23N3O4S. The Morgan fingerprint density at radius 3 is 2.70 bits per heavy atom. The third kappa shape index (κ3) is 3.65. The Balaban J connectivity index is 1.73. The van der Waals surface area contributed by atoms with Gasteiger partial charge in [0.05, 0.1) is 13.2 Å². The van der Waals surface area contributed by atoms with E-state index < -0.39 is 10.0 Å². The van der Waals surface area contributed by atoms with E-state index in [1.54, 1.807) is 12.1 Å². The van der Waals surface area contributed by atoms with Crippen molar-refractivity contribution in [2.75, 3.05) is 50.9 Å². The molecule has 1 N–H and O–H groups in total. The first-order chi connectivity index (χ1) is 11.1. The number of ether oxygens (including phenoxy) is 1. The van der Waals surface area contributed by atoms with Crippen LogP contribution in [0.5, 0.6) is 0 Å². The average molecular weight is 341 g/mol. The monoisotopic (exact) mass is 341 g/mol. The number of aliphatic hydroxyl groups is 1. The Labute approximate surface area is 136 Å². The van der Waals surface area contributed by atoms with E-state index in [9.17, 15) is 13.5 Å². The van der Waals surface area contributed by atoms with Gasteiger partial charge in [-0.25, -0.2) is 13.4 Å². The van der Waals surface area contributed by atoms with Gasteiger partial charge in [0.25, 0.3) is 0 Å². The van der Waals surface area contributed by atoms with Gasteiger partial charge < -0.3 is 14.7 Å². The van der Waals surface area contributed by atoms with Crippen LogP contribution in [0.15, 0.2) is 23.2 Å². The van der Waals surface area contributed by atoms with Gasteiger partial charge in [-0.2, -0.15) is 4.31 Å². The first kappa shape index (κ1) is 16.6. The lowest BCUT2D eigenvalue weighted by Gasteiger charge is -2.32. The lowest BCUT2D eigenvalue weighted by molar-refractivity contribution is 0.0730. The highest BCUT2D eigenvalue weighted by Gasteiger charge is 2.27. The topological polar surface area (TPSA) is 83.0 Å². The molecule has 0 aromatic carbocycles. The Morgan fingerprint density at radius 1 is 1.26 bits per heavy atom. The van der Waals surface area contributed by atoms with Crippen LogP contribution >= 0.6 is 0 Å². The van der Waals surface area contributed by atoms with Crippen LogP contribution in [0.25, 0.3) is 0 Å². The number of aliphatic hydroxyl groups excluding tert-OH is 1. The zero-order chi connectivity index (χ0) is 16.3. The molecule has 0 amide bonds. The molecular weight excluding hydrogens is 318 g/mol. The molecule has 1 atom stereocenters. The first-order valence-corrected chi connectivity index (χ1v) is 9.45. The maximum absolute atomic E-state index is 12.6. The van der Waals surface area contributed by atoms with Gasteiger partial charge in [0.2, 0.25) is 10.0 Å². The second-order valence-electron chi connectivity index (χ2n) is 6.01. The summed E-state index contributed by atoms with van der Waals surface area (Å²) in [5.74, 6) is 1.03. The molecule has 0 aliphatic carbocycles. The van der Waals surface area contributed by atoms with E-state index in [2.05, 4.69) is 9.88 Å². The number of nitrogens with zero attached hydrogens (tertiary/aromatic N) is 3. The van der Waals surface area contributed by atoms with E-state index in [1.165, 1.54) is 10.5 Å². The molecule has 2 aliphatic heterocycles. The van der Waals surface area contributed by atoms with Crippen molar-refractivity contribution in [3.05, 3.63) is 18.3 Å². The SMILES string of the molecule is O=S(=O)(c1ccc(N2CCC[C@H](CO)C2)nc1)N1CCOCC1. The van der Waals surface area contributed by atoms with Gasteiger partial charge in [0.1, 0.15) is 10.7 Å². The summed E-state index contributed by atoms with van der Waals surface area (Å²) < 4.78 is 31.8. The third-order valence-corrected chi connectivity index (χ3v) is 6.31. The maximum atomic E-state index is 12.6. The Morgan fingerprint density at radius 2 is 2.04 bits per heavy atom. The smallest absolute Gasteiger partial charge is 0.244 e. The Bertz CT molecular complexity index is 614. The predicted molar refractivity (Wildman–Crippen MR) is 85.8 cm³/mol. The number of anilines is 1. The predicted octanol–water partition coefficient (Wildman–Crippen LogP) is 0.311. The Kier molecular flexibility index (Phi) is 5.15. The molecule has 0 spiro atoms. The van der Waals surface area contributed by atoms with Crippen molar-refractivity contribution < 1.29 is 18.3 Å². The highest BCUT2D eigenvalue weighted by molar-refractivity contribution is 7.89. The fourth-order valence-corrected chi connectivity index (χ4v) is 4.42. The van der Waals surface area contributed by atoms with E-state index in [0.29, 0.717) is 26.3 Å². The second-order valence-corrected chi connectivity index (χ2v) is 7.94. The number of hydrogen-bond donors (Lipinski definition) is 1. The highest BCUT2D eigenvalue weighted by atomic mass is 32.2. The summed E-state index contributed by atoms with van der Waals surface area (Å²) in [6.07, 6.45) is 3.47. The summed E-state index contributed by atoms with van der Waals surface area (Å²) in [5, 5.41) is 9.31. The van der Waals surface area contributed by atoms with Gasteiger partial charge in [0.15, 0.2) is 0 Å². The molecule has 2 aliphatic rings. The van der Waals surface area contributed by atoms with Gasteiger partial charge in [-0.05, 0) is 30.9 Å². The van der Waals surface area contributed by atoms with Gasteiger partial charge in [0, 0.05) is 39.0 Å².